The lowest BCUT2D eigenvalue weighted by molar-refractivity contribution is 0.102. The first kappa shape index (κ1) is 16.0. The van der Waals surface area contributed by atoms with Crippen LogP contribution in [-0.4, -0.2) is 28.7 Å². The lowest BCUT2D eigenvalue weighted by Gasteiger charge is -2.06. The second-order valence-corrected chi connectivity index (χ2v) is 6.36. The summed E-state index contributed by atoms with van der Waals surface area (Å²) in [5.74, 6) is 1.43. The van der Waals surface area contributed by atoms with Crippen molar-refractivity contribution in [3.63, 3.8) is 0 Å². The van der Waals surface area contributed by atoms with Gasteiger partial charge >= 0.3 is 0 Å². The minimum Gasteiger partial charge on any atom is -0.322 e. The number of H-pyrrole nitrogens is 1. The molecule has 2 saturated carbocycles. The Bertz CT molecular complexity index is 652. The van der Waals surface area contributed by atoms with E-state index in [1.165, 1.54) is 37.6 Å². The molecule has 6 heteroatoms. The average molecular weight is 333 g/mol. The Morgan fingerprint density at radius 1 is 1.26 bits per heavy atom. The molecule has 3 N–H and O–H groups in total. The van der Waals surface area contributed by atoms with E-state index in [4.69, 9.17) is 0 Å². The third-order valence-electron chi connectivity index (χ3n) is 4.51. The fraction of sp³-hybridized carbons (Fsp3) is 0.412. The van der Waals surface area contributed by atoms with E-state index in [9.17, 15) is 4.79 Å². The molecule has 1 aromatic carbocycles. The number of amides is 1. The van der Waals surface area contributed by atoms with Crippen molar-refractivity contribution in [3.05, 3.63) is 47.8 Å². The molecule has 2 unspecified atom stereocenters. The first-order valence-electron chi connectivity index (χ1n) is 7.93. The Hall–Kier alpha value is -1.85. The van der Waals surface area contributed by atoms with E-state index in [0.29, 0.717) is 17.5 Å². The average Bonchev–Trinajstić information content (AvgIpc) is 3.44. The van der Waals surface area contributed by atoms with Gasteiger partial charge in [0.2, 0.25) is 0 Å². The number of benzene rings is 1. The maximum absolute atomic E-state index is 11.9. The lowest BCUT2D eigenvalue weighted by Crippen LogP contribution is -2.20. The van der Waals surface area contributed by atoms with Crippen LogP contribution in [0.4, 0.5) is 5.69 Å². The van der Waals surface area contributed by atoms with Gasteiger partial charge in [0.15, 0.2) is 0 Å². The van der Waals surface area contributed by atoms with Crippen molar-refractivity contribution in [1.82, 2.24) is 15.5 Å². The van der Waals surface area contributed by atoms with E-state index in [-0.39, 0.29) is 18.3 Å². The summed E-state index contributed by atoms with van der Waals surface area (Å²) < 4.78 is 0. The highest BCUT2D eigenvalue weighted by Gasteiger charge is 2.38. The van der Waals surface area contributed by atoms with Gasteiger partial charge in [0, 0.05) is 23.8 Å². The Morgan fingerprint density at radius 2 is 2.04 bits per heavy atom. The number of aromatic amines is 1. The molecule has 1 aromatic heterocycles. The number of anilines is 1. The van der Waals surface area contributed by atoms with Crippen molar-refractivity contribution in [2.24, 2.45) is 5.92 Å². The Balaban J connectivity index is 0.00000156. The SMILES string of the molecule is Cl.O=C(Nc1ccc(C2CC2NCC2CC2)cc1)c1cn[nH]c1. The molecule has 5 nitrogen and oxygen atoms in total. The lowest BCUT2D eigenvalue weighted by atomic mass is 10.1. The Morgan fingerprint density at radius 3 is 2.70 bits per heavy atom. The number of hydrogen-bond donors (Lipinski definition) is 3. The molecular weight excluding hydrogens is 312 g/mol. The molecule has 0 bridgehead atoms. The maximum atomic E-state index is 11.9. The number of rotatable bonds is 6. The maximum Gasteiger partial charge on any atom is 0.258 e. The molecule has 2 atom stereocenters. The summed E-state index contributed by atoms with van der Waals surface area (Å²) in [6.07, 6.45) is 7.13. The molecule has 0 radical (unpaired) electrons. The van der Waals surface area contributed by atoms with E-state index in [1.54, 1.807) is 6.20 Å². The fourth-order valence-electron chi connectivity index (χ4n) is 2.82. The van der Waals surface area contributed by atoms with E-state index in [2.05, 4.69) is 33.0 Å². The van der Waals surface area contributed by atoms with E-state index < -0.39 is 0 Å². The highest BCUT2D eigenvalue weighted by atomic mass is 35.5. The molecule has 2 fully saturated rings. The summed E-state index contributed by atoms with van der Waals surface area (Å²) in [5, 5.41) is 12.9. The van der Waals surface area contributed by atoms with Gasteiger partial charge in [-0.05, 0) is 49.4 Å². The molecule has 4 rings (SSSR count). The van der Waals surface area contributed by atoms with Crippen LogP contribution in [0.1, 0.15) is 41.1 Å². The summed E-state index contributed by atoms with van der Waals surface area (Å²) >= 11 is 0. The minimum absolute atomic E-state index is 0. The summed E-state index contributed by atoms with van der Waals surface area (Å²) in [6, 6.07) is 8.84. The van der Waals surface area contributed by atoms with Crippen LogP contribution >= 0.6 is 12.4 Å². The summed E-state index contributed by atoms with van der Waals surface area (Å²) in [7, 11) is 0. The van der Waals surface area contributed by atoms with Crippen LogP contribution < -0.4 is 10.6 Å². The molecule has 1 amide bonds. The van der Waals surface area contributed by atoms with Crippen molar-refractivity contribution in [1.29, 1.82) is 0 Å². The zero-order valence-electron chi connectivity index (χ0n) is 12.8. The number of halogens is 1. The number of aromatic nitrogens is 2. The third-order valence-corrected chi connectivity index (χ3v) is 4.51. The van der Waals surface area contributed by atoms with E-state index in [0.717, 1.165) is 11.6 Å². The van der Waals surface area contributed by atoms with Crippen molar-refractivity contribution in [3.8, 4) is 0 Å². The second kappa shape index (κ2) is 6.72. The van der Waals surface area contributed by atoms with Gasteiger partial charge < -0.3 is 10.6 Å². The van der Waals surface area contributed by atoms with Crippen LogP contribution in [0.15, 0.2) is 36.7 Å². The molecule has 23 heavy (non-hydrogen) atoms. The van der Waals surface area contributed by atoms with Gasteiger partial charge in [0.1, 0.15) is 0 Å². The predicted molar refractivity (Wildman–Crippen MR) is 92.1 cm³/mol. The minimum atomic E-state index is -0.142. The van der Waals surface area contributed by atoms with Gasteiger partial charge in [0.05, 0.1) is 11.8 Å². The molecule has 0 spiro atoms. The smallest absolute Gasteiger partial charge is 0.258 e. The molecular formula is C17H21ClN4O. The van der Waals surface area contributed by atoms with Gasteiger partial charge in [-0.25, -0.2) is 0 Å². The number of hydrogen-bond acceptors (Lipinski definition) is 3. The fourth-order valence-corrected chi connectivity index (χ4v) is 2.82. The van der Waals surface area contributed by atoms with Crippen LogP contribution in [0.5, 0.6) is 0 Å². The van der Waals surface area contributed by atoms with Crippen molar-refractivity contribution < 1.29 is 4.79 Å². The molecule has 1 heterocycles. The normalized spacial score (nSPS) is 22.3. The Kier molecular flexibility index (Phi) is 4.68. The first-order valence-corrected chi connectivity index (χ1v) is 7.93. The monoisotopic (exact) mass is 332 g/mol. The largest absolute Gasteiger partial charge is 0.322 e. The number of nitrogens with zero attached hydrogens (tertiary/aromatic N) is 1. The predicted octanol–water partition coefficient (Wildman–Crippen LogP) is 2.94. The zero-order valence-corrected chi connectivity index (χ0v) is 13.6. The number of carbonyl (C=O) groups is 1. The van der Waals surface area contributed by atoms with Crippen LogP contribution in [0, 0.1) is 5.92 Å². The van der Waals surface area contributed by atoms with Gasteiger partial charge in [-0.3, -0.25) is 9.89 Å². The van der Waals surface area contributed by atoms with Gasteiger partial charge in [0.25, 0.3) is 5.91 Å². The molecule has 122 valence electrons. The van der Waals surface area contributed by atoms with E-state index in [1.807, 2.05) is 12.1 Å². The van der Waals surface area contributed by atoms with Gasteiger partial charge in [-0.2, -0.15) is 5.10 Å². The topological polar surface area (TPSA) is 69.8 Å². The van der Waals surface area contributed by atoms with Crippen LogP contribution in [-0.2, 0) is 0 Å². The molecule has 0 saturated heterocycles. The molecule has 2 aromatic rings. The highest BCUT2D eigenvalue weighted by Crippen LogP contribution is 2.41. The number of carbonyl (C=O) groups excluding carboxylic acids is 1. The standard InChI is InChI=1S/C17H20N4O.ClH/c22-17(13-9-19-20-10-13)21-14-5-3-12(4-6-14)15-7-16(15)18-8-11-1-2-11;/h3-6,9-11,15-16,18H,1-2,7-8H2,(H,19,20)(H,21,22);1H. The van der Waals surface area contributed by atoms with Gasteiger partial charge in [-0.15, -0.1) is 12.4 Å². The highest BCUT2D eigenvalue weighted by molar-refractivity contribution is 6.03. The van der Waals surface area contributed by atoms with Crippen molar-refractivity contribution >= 4 is 24.0 Å². The zero-order chi connectivity index (χ0) is 14.9. The van der Waals surface area contributed by atoms with Crippen molar-refractivity contribution in [2.45, 2.75) is 31.2 Å². The third kappa shape index (κ3) is 3.92. The second-order valence-electron chi connectivity index (χ2n) is 6.36. The summed E-state index contributed by atoms with van der Waals surface area (Å²) in [6.45, 7) is 1.18. The quantitative estimate of drug-likeness (QED) is 0.761. The van der Waals surface area contributed by atoms with Crippen molar-refractivity contribution in [2.75, 3.05) is 11.9 Å². The summed E-state index contributed by atoms with van der Waals surface area (Å²) in [4.78, 5) is 11.9. The molecule has 2 aliphatic carbocycles. The first-order chi connectivity index (χ1) is 10.8. The Labute approximate surface area is 141 Å². The van der Waals surface area contributed by atoms with Crippen LogP contribution in [0.2, 0.25) is 0 Å². The van der Waals surface area contributed by atoms with Gasteiger partial charge in [-0.1, -0.05) is 12.1 Å². The van der Waals surface area contributed by atoms with Crippen LogP contribution in [0.25, 0.3) is 0 Å². The number of nitrogens with one attached hydrogen (secondary N) is 3. The molecule has 2 aliphatic rings. The summed E-state index contributed by atoms with van der Waals surface area (Å²) in [5.41, 5.74) is 2.71. The van der Waals surface area contributed by atoms with E-state index >= 15 is 0 Å². The van der Waals surface area contributed by atoms with Crippen LogP contribution in [0.3, 0.4) is 0 Å². The molecule has 0 aliphatic heterocycles.